The minimum Gasteiger partial charge on any atom is -0.456 e. The Hall–Kier alpha value is -6.88. The number of nitrogens with one attached hydrogen (secondary N) is 10. The molecular weight excluding hydrogens is 995 g/mol. The molecule has 1 aliphatic rings. The summed E-state index contributed by atoms with van der Waals surface area (Å²) in [5, 5.41) is 56.9. The van der Waals surface area contributed by atoms with Gasteiger partial charge in [-0.2, -0.15) is 0 Å². The van der Waals surface area contributed by atoms with Gasteiger partial charge in [0.1, 0.15) is 65.9 Å². The predicted molar refractivity (Wildman–Crippen MR) is 274 cm³/mol. The van der Waals surface area contributed by atoms with E-state index in [9.17, 15) is 63.3 Å². The van der Waals surface area contributed by atoms with Gasteiger partial charge >= 0.3 is 0 Å². The van der Waals surface area contributed by atoms with E-state index >= 15 is 0 Å². The third-order valence-electron chi connectivity index (χ3n) is 12.2. The zero-order valence-corrected chi connectivity index (χ0v) is 43.5. The molecule has 11 atom stereocenters. The summed E-state index contributed by atoms with van der Waals surface area (Å²) in [6.07, 6.45) is -3.71. The van der Waals surface area contributed by atoms with Crippen LogP contribution < -0.4 is 70.4 Å². The second-order valence-corrected chi connectivity index (χ2v) is 19.1. The number of aliphatic hydroxyl groups excluding tert-OH is 3. The quantitative estimate of drug-likeness (QED) is 0.0549. The van der Waals surface area contributed by atoms with Crippen LogP contribution in [0.25, 0.3) is 0 Å². The number of aryl methyl sites for hydroxylation is 1. The third-order valence-corrected chi connectivity index (χ3v) is 12.2. The van der Waals surface area contributed by atoms with Crippen LogP contribution in [0.5, 0.6) is 0 Å². The average Bonchev–Trinajstić information content (AvgIpc) is 3.81. The Labute approximate surface area is 440 Å². The van der Waals surface area contributed by atoms with Crippen molar-refractivity contribution < 1.29 is 67.7 Å². The van der Waals surface area contributed by atoms with Crippen LogP contribution in [0.1, 0.15) is 81.7 Å². The molecule has 1 fully saturated rings. The molecule has 0 radical (unpaired) electrons. The maximum Gasteiger partial charge on any atom is 0.287 e. The number of carbonyl (C=O) groups excluding carboxylic acids is 10. The van der Waals surface area contributed by atoms with E-state index in [1.807, 2.05) is 0 Å². The van der Waals surface area contributed by atoms with Gasteiger partial charge in [-0.25, -0.2) is 0 Å². The summed E-state index contributed by atoms with van der Waals surface area (Å²) >= 11 is 0. The van der Waals surface area contributed by atoms with E-state index in [1.165, 1.54) is 26.0 Å². The zero-order valence-electron chi connectivity index (χ0n) is 43.5. The van der Waals surface area contributed by atoms with Crippen molar-refractivity contribution in [2.45, 2.75) is 139 Å². The fraction of sp³-hybridized carbons (Fsp3) is 0.592. The Kier molecular flexibility index (Phi) is 26.1. The van der Waals surface area contributed by atoms with Crippen LogP contribution in [-0.2, 0) is 49.6 Å². The number of aliphatic hydroxyl groups is 3. The van der Waals surface area contributed by atoms with E-state index in [-0.39, 0.29) is 63.4 Å². The van der Waals surface area contributed by atoms with Crippen LogP contribution in [-0.4, -0.2) is 180 Å². The highest BCUT2D eigenvalue weighted by Crippen LogP contribution is 2.13. The van der Waals surface area contributed by atoms with Crippen molar-refractivity contribution >= 4 is 59.5 Å². The highest BCUT2D eigenvalue weighted by molar-refractivity contribution is 5.99. The van der Waals surface area contributed by atoms with Gasteiger partial charge < -0.3 is 94.9 Å². The summed E-state index contributed by atoms with van der Waals surface area (Å²) in [7, 11) is 0. The fourth-order valence-electron chi connectivity index (χ4n) is 8.03. The molecular formula is C49H77N13O14. The highest BCUT2D eigenvalue weighted by atomic mass is 16.4. The molecule has 3 rings (SSSR count). The predicted octanol–water partition coefficient (Wildman–Crippen LogP) is -5.78. The number of hydrogen-bond donors (Lipinski definition) is 16. The summed E-state index contributed by atoms with van der Waals surface area (Å²) in [5.74, 6) is -8.59. The molecule has 1 aromatic heterocycles. The number of nitrogens with two attached hydrogens (primary N) is 3. The SMILES string of the molecule is Cc1ccc(C(=O)N[C@H](C(=O)N[C@H](CO)C(=O)N[C@H]2CCNC(=O)[C@H]([C@@H](C)O)NC[C@](C=O)(CCN)NC(=O)[C@H](CCN)NC(=O)[C@H](CC(C)C)NC(=O)[C@@H](Cc3ccccc3)NC(=O)[C@H](CCN)NC2=O)[C@@H](C)O)o1. The minimum atomic E-state index is -1.83. The molecule has 0 aliphatic carbocycles. The van der Waals surface area contributed by atoms with Crippen LogP contribution >= 0.6 is 0 Å². The van der Waals surface area contributed by atoms with Crippen molar-refractivity contribution in [2.24, 2.45) is 23.1 Å². The molecule has 1 saturated heterocycles. The molecule has 0 bridgehead atoms. The molecule has 76 heavy (non-hydrogen) atoms. The first-order valence-corrected chi connectivity index (χ1v) is 25.1. The number of furan rings is 1. The first-order valence-electron chi connectivity index (χ1n) is 25.1. The normalized spacial score (nSPS) is 24.4. The molecule has 0 spiro atoms. The fourth-order valence-corrected chi connectivity index (χ4v) is 8.03. The summed E-state index contributed by atoms with van der Waals surface area (Å²) in [6.45, 7) is 5.11. The molecule has 9 amide bonds. The van der Waals surface area contributed by atoms with Crippen molar-refractivity contribution in [1.82, 2.24) is 53.2 Å². The van der Waals surface area contributed by atoms with E-state index in [4.69, 9.17) is 21.6 Å². The number of rotatable bonds is 20. The Morgan fingerprint density at radius 2 is 1.36 bits per heavy atom. The molecule has 0 unspecified atom stereocenters. The van der Waals surface area contributed by atoms with Gasteiger partial charge in [-0.15, -0.1) is 0 Å². The number of amides is 9. The zero-order chi connectivity index (χ0) is 56.7. The van der Waals surface area contributed by atoms with Crippen LogP contribution in [0.15, 0.2) is 46.9 Å². The number of aldehydes is 1. The van der Waals surface area contributed by atoms with Gasteiger partial charge in [0.05, 0.1) is 18.8 Å². The molecule has 27 heteroatoms. The summed E-state index contributed by atoms with van der Waals surface area (Å²) in [5.41, 5.74) is 16.4. The highest BCUT2D eigenvalue weighted by Gasteiger charge is 2.39. The third kappa shape index (κ3) is 19.7. The van der Waals surface area contributed by atoms with Crippen molar-refractivity contribution in [1.29, 1.82) is 0 Å². The molecule has 422 valence electrons. The van der Waals surface area contributed by atoms with Gasteiger partial charge in [0.25, 0.3) is 5.91 Å². The van der Waals surface area contributed by atoms with Gasteiger partial charge in [0, 0.05) is 19.5 Å². The van der Waals surface area contributed by atoms with Crippen LogP contribution in [0.3, 0.4) is 0 Å². The Balaban J connectivity index is 2.11. The molecule has 0 saturated carbocycles. The average molecular weight is 1070 g/mol. The van der Waals surface area contributed by atoms with Crippen LogP contribution in [0, 0.1) is 12.8 Å². The smallest absolute Gasteiger partial charge is 0.287 e. The monoisotopic (exact) mass is 1070 g/mol. The standard InChI is InChI=1S/C49H77N13O14/c1-26(2)21-34-42(69)56-32(14-18-51)45(72)62-49(25-64,16-19-52)24-54-38(28(4)65)47(74)53-20-15-33(41(68)55-31(13-17-50)40(67)59-35(43(70)58-34)22-30-9-7-6-8-10-30)57-44(71)36(23-63)60-48(75)39(29(5)66)61-46(73)37-12-11-27(3)76-37/h6-12,25-26,28-29,31-36,38-39,54,63,65-66H,13-24,50-52H2,1-5H3,(H,53,74)(H,55,68)(H,56,69)(H,57,71)(H,58,70)(H,59,67)(H,60,75)(H,61,73)(H,62,72)/t28-,29-,31+,32+,33+,34+,35-,36-,38+,39+,49+/m1/s1. The Bertz CT molecular complexity index is 2280. The molecule has 19 N–H and O–H groups in total. The van der Waals surface area contributed by atoms with Crippen LogP contribution in [0.2, 0.25) is 0 Å². The minimum absolute atomic E-state index is 0.0434. The lowest BCUT2D eigenvalue weighted by Crippen LogP contribution is -2.64. The van der Waals surface area contributed by atoms with Crippen molar-refractivity contribution in [2.75, 3.05) is 39.3 Å². The topological polar surface area (TPSA) is 443 Å². The number of benzene rings is 1. The Morgan fingerprint density at radius 3 is 1.91 bits per heavy atom. The maximum atomic E-state index is 14.4. The number of hydrogen-bond acceptors (Lipinski definition) is 18. The lowest BCUT2D eigenvalue weighted by molar-refractivity contribution is -0.136. The van der Waals surface area contributed by atoms with E-state index in [1.54, 1.807) is 51.1 Å². The lowest BCUT2D eigenvalue weighted by Gasteiger charge is -2.33. The second-order valence-electron chi connectivity index (χ2n) is 19.1. The first kappa shape index (κ1) is 63.4. The van der Waals surface area contributed by atoms with E-state index < -0.39 is 145 Å². The molecule has 1 aliphatic heterocycles. The van der Waals surface area contributed by atoms with Crippen molar-refractivity contribution in [3.05, 3.63) is 59.5 Å². The van der Waals surface area contributed by atoms with Gasteiger partial charge in [-0.1, -0.05) is 44.2 Å². The van der Waals surface area contributed by atoms with Gasteiger partial charge in [-0.05, 0) is 96.1 Å². The van der Waals surface area contributed by atoms with Gasteiger partial charge in [0.15, 0.2) is 5.76 Å². The molecule has 2 aromatic rings. The van der Waals surface area contributed by atoms with Gasteiger partial charge in [-0.3, -0.25) is 43.2 Å². The van der Waals surface area contributed by atoms with Crippen LogP contribution in [0.4, 0.5) is 0 Å². The largest absolute Gasteiger partial charge is 0.456 e. The van der Waals surface area contributed by atoms with Crippen molar-refractivity contribution in [3.63, 3.8) is 0 Å². The van der Waals surface area contributed by atoms with E-state index in [0.29, 0.717) is 17.6 Å². The number of carbonyl (C=O) groups is 10. The second kappa shape index (κ2) is 31.2. The lowest BCUT2D eigenvalue weighted by atomic mass is 9.94. The summed E-state index contributed by atoms with van der Waals surface area (Å²) in [6, 6.07) is -0.934. The maximum absolute atomic E-state index is 14.4. The summed E-state index contributed by atoms with van der Waals surface area (Å²) < 4.78 is 5.28. The van der Waals surface area contributed by atoms with Crippen molar-refractivity contribution in [3.8, 4) is 0 Å². The summed E-state index contributed by atoms with van der Waals surface area (Å²) in [4.78, 5) is 138. The first-order chi connectivity index (χ1) is 36.0. The van der Waals surface area contributed by atoms with Gasteiger partial charge in [0.2, 0.25) is 47.3 Å². The van der Waals surface area contributed by atoms with E-state index in [0.717, 1.165) is 0 Å². The molecule has 2 heterocycles. The Morgan fingerprint density at radius 1 is 0.763 bits per heavy atom. The molecule has 1 aromatic carbocycles. The van der Waals surface area contributed by atoms with E-state index in [2.05, 4.69) is 53.2 Å². The molecule has 27 nitrogen and oxygen atoms in total.